The van der Waals surface area contributed by atoms with Gasteiger partial charge in [-0.15, -0.1) is 0 Å². The minimum atomic E-state index is -0.639. The van der Waals surface area contributed by atoms with Gasteiger partial charge in [0, 0.05) is 17.0 Å². The number of hydrogen-bond acceptors (Lipinski definition) is 6. The summed E-state index contributed by atoms with van der Waals surface area (Å²) in [5, 5.41) is -0.525. The second kappa shape index (κ2) is 9.22. The number of esters is 1. The van der Waals surface area contributed by atoms with Crippen LogP contribution in [0.25, 0.3) is 6.08 Å². The Morgan fingerprint density at radius 2 is 1.84 bits per heavy atom. The molecular formula is C22H23N3O5S. The van der Waals surface area contributed by atoms with Gasteiger partial charge in [-0.2, -0.15) is 0 Å². The molecule has 31 heavy (non-hydrogen) atoms. The van der Waals surface area contributed by atoms with E-state index in [-0.39, 0.29) is 16.9 Å². The summed E-state index contributed by atoms with van der Waals surface area (Å²) in [6, 6.07) is 10.6. The van der Waals surface area contributed by atoms with Crippen LogP contribution in [-0.4, -0.2) is 45.2 Å². The van der Waals surface area contributed by atoms with Gasteiger partial charge < -0.3 is 4.74 Å². The average molecular weight is 442 g/mol. The van der Waals surface area contributed by atoms with E-state index in [1.807, 2.05) is 19.1 Å². The molecule has 1 aliphatic heterocycles. The maximum Gasteiger partial charge on any atom is 0.326 e. The molecule has 3 amide bonds. The third-order valence-electron chi connectivity index (χ3n) is 4.53. The van der Waals surface area contributed by atoms with E-state index < -0.39 is 23.7 Å². The number of rotatable bonds is 6. The lowest BCUT2D eigenvalue weighted by molar-refractivity contribution is -0.149. The van der Waals surface area contributed by atoms with Gasteiger partial charge in [0.25, 0.3) is 17.1 Å². The fourth-order valence-corrected chi connectivity index (χ4v) is 3.90. The van der Waals surface area contributed by atoms with Crippen molar-refractivity contribution in [3.8, 4) is 0 Å². The van der Waals surface area contributed by atoms with E-state index in [1.165, 1.54) is 0 Å². The minimum Gasteiger partial charge on any atom is -0.462 e. The first kappa shape index (κ1) is 22.4. The Morgan fingerprint density at radius 1 is 1.16 bits per heavy atom. The number of carbonyl (C=O) groups is 4. The van der Waals surface area contributed by atoms with Crippen LogP contribution in [0.15, 0.2) is 41.3 Å². The third kappa shape index (κ3) is 5.05. The van der Waals surface area contributed by atoms with E-state index in [0.717, 1.165) is 22.4 Å². The van der Waals surface area contributed by atoms with Crippen molar-refractivity contribution in [1.82, 2.24) is 9.58 Å². The minimum absolute atomic E-state index is 0.206. The summed E-state index contributed by atoms with van der Waals surface area (Å²) in [6.07, 6.45) is 1.26. The fourth-order valence-electron chi connectivity index (χ4n) is 3.07. The summed E-state index contributed by atoms with van der Waals surface area (Å²) in [5.74, 6) is -1.45. The SMILES string of the molecule is Cc1cc(/C=C2/SC(=O)N(CC(=O)OC(C)C)C2=O)c(C)n1NC(=O)c1ccccc1. The molecule has 1 aromatic heterocycles. The Bertz CT molecular complexity index is 1070. The fraction of sp³-hybridized carbons (Fsp3) is 0.273. The zero-order chi connectivity index (χ0) is 22.7. The van der Waals surface area contributed by atoms with Gasteiger partial charge in [0.2, 0.25) is 0 Å². The lowest BCUT2D eigenvalue weighted by Gasteiger charge is -2.13. The van der Waals surface area contributed by atoms with Gasteiger partial charge in [0.15, 0.2) is 0 Å². The van der Waals surface area contributed by atoms with Crippen LogP contribution in [-0.2, 0) is 14.3 Å². The van der Waals surface area contributed by atoms with Crippen LogP contribution >= 0.6 is 11.8 Å². The quantitative estimate of drug-likeness (QED) is 0.545. The van der Waals surface area contributed by atoms with E-state index in [1.54, 1.807) is 55.8 Å². The van der Waals surface area contributed by atoms with Gasteiger partial charge in [-0.3, -0.25) is 34.2 Å². The lowest BCUT2D eigenvalue weighted by Crippen LogP contribution is -2.35. The molecule has 1 N–H and O–H groups in total. The molecule has 1 aliphatic rings. The maximum absolute atomic E-state index is 12.6. The zero-order valence-electron chi connectivity index (χ0n) is 17.7. The number of carbonyl (C=O) groups excluding carboxylic acids is 4. The number of aryl methyl sites for hydroxylation is 1. The molecular weight excluding hydrogens is 418 g/mol. The number of amides is 3. The Morgan fingerprint density at radius 3 is 2.48 bits per heavy atom. The van der Waals surface area contributed by atoms with Gasteiger partial charge in [-0.1, -0.05) is 18.2 Å². The largest absolute Gasteiger partial charge is 0.462 e. The van der Waals surface area contributed by atoms with E-state index in [9.17, 15) is 19.2 Å². The number of benzene rings is 1. The number of aromatic nitrogens is 1. The van der Waals surface area contributed by atoms with Crippen LogP contribution < -0.4 is 5.43 Å². The first-order valence-corrected chi connectivity index (χ1v) is 10.5. The highest BCUT2D eigenvalue weighted by molar-refractivity contribution is 8.18. The predicted octanol–water partition coefficient (Wildman–Crippen LogP) is 3.48. The molecule has 0 aliphatic carbocycles. The molecule has 0 radical (unpaired) electrons. The number of thioether (sulfide) groups is 1. The molecule has 162 valence electrons. The average Bonchev–Trinajstić information content (AvgIpc) is 3.12. The smallest absolute Gasteiger partial charge is 0.326 e. The van der Waals surface area contributed by atoms with Gasteiger partial charge >= 0.3 is 5.97 Å². The number of nitrogens with one attached hydrogen (secondary N) is 1. The highest BCUT2D eigenvalue weighted by Gasteiger charge is 2.37. The van der Waals surface area contributed by atoms with Crippen LogP contribution in [0.2, 0.25) is 0 Å². The van der Waals surface area contributed by atoms with Gasteiger partial charge in [0.1, 0.15) is 6.54 Å². The zero-order valence-corrected chi connectivity index (χ0v) is 18.5. The van der Waals surface area contributed by atoms with Crippen molar-refractivity contribution in [2.75, 3.05) is 12.0 Å². The Labute approximate surface area is 184 Å². The Hall–Kier alpha value is -3.33. The van der Waals surface area contributed by atoms with Crippen molar-refractivity contribution in [2.45, 2.75) is 33.8 Å². The molecule has 0 saturated carbocycles. The van der Waals surface area contributed by atoms with Gasteiger partial charge in [-0.05, 0) is 69.3 Å². The van der Waals surface area contributed by atoms with Crippen LogP contribution in [0, 0.1) is 13.8 Å². The van der Waals surface area contributed by atoms with Crippen molar-refractivity contribution in [3.05, 3.63) is 63.8 Å². The molecule has 8 nitrogen and oxygen atoms in total. The molecule has 2 heterocycles. The number of ether oxygens (including phenoxy) is 1. The van der Waals surface area contributed by atoms with Crippen molar-refractivity contribution >= 4 is 40.9 Å². The Kier molecular flexibility index (Phi) is 6.65. The molecule has 0 atom stereocenters. The predicted molar refractivity (Wildman–Crippen MR) is 118 cm³/mol. The monoisotopic (exact) mass is 441 g/mol. The molecule has 1 fully saturated rings. The maximum atomic E-state index is 12.6. The first-order chi connectivity index (χ1) is 14.7. The molecule has 3 rings (SSSR count). The van der Waals surface area contributed by atoms with E-state index in [4.69, 9.17) is 4.74 Å². The number of imide groups is 1. The van der Waals surface area contributed by atoms with E-state index in [2.05, 4.69) is 5.43 Å². The molecule has 2 aromatic rings. The molecule has 1 saturated heterocycles. The summed E-state index contributed by atoms with van der Waals surface area (Å²) < 4.78 is 6.65. The van der Waals surface area contributed by atoms with Crippen LogP contribution in [0.4, 0.5) is 4.79 Å². The van der Waals surface area contributed by atoms with Gasteiger partial charge in [-0.25, -0.2) is 0 Å². The summed E-state index contributed by atoms with van der Waals surface area (Å²) in [7, 11) is 0. The standard InChI is InChI=1S/C22H23N3O5S/c1-13(2)30-19(26)12-24-21(28)18(31-22(24)29)11-17-10-14(3)25(15(17)4)23-20(27)16-8-6-5-7-9-16/h5-11,13H,12H2,1-4H3,(H,23,27)/b18-11+. The van der Waals surface area contributed by atoms with Crippen LogP contribution in [0.1, 0.15) is 41.2 Å². The van der Waals surface area contributed by atoms with Crippen LogP contribution in [0.3, 0.4) is 0 Å². The second-order valence-electron chi connectivity index (χ2n) is 7.28. The van der Waals surface area contributed by atoms with E-state index in [0.29, 0.717) is 16.8 Å². The number of nitrogens with zero attached hydrogens (tertiary/aromatic N) is 2. The second-order valence-corrected chi connectivity index (χ2v) is 8.27. The number of hydrogen-bond donors (Lipinski definition) is 1. The molecule has 9 heteroatoms. The lowest BCUT2D eigenvalue weighted by atomic mass is 10.2. The van der Waals surface area contributed by atoms with Gasteiger partial charge in [0.05, 0.1) is 11.0 Å². The summed E-state index contributed by atoms with van der Waals surface area (Å²) >= 11 is 0.766. The van der Waals surface area contributed by atoms with Crippen LogP contribution in [0.5, 0.6) is 0 Å². The Balaban J connectivity index is 1.79. The topological polar surface area (TPSA) is 97.7 Å². The third-order valence-corrected chi connectivity index (χ3v) is 5.44. The summed E-state index contributed by atoms with van der Waals surface area (Å²) in [5.41, 5.74) is 5.49. The summed E-state index contributed by atoms with van der Waals surface area (Å²) in [6.45, 7) is 6.58. The summed E-state index contributed by atoms with van der Waals surface area (Å²) in [4.78, 5) is 50.3. The highest BCUT2D eigenvalue weighted by Crippen LogP contribution is 2.33. The first-order valence-electron chi connectivity index (χ1n) is 9.67. The molecule has 0 unspecified atom stereocenters. The van der Waals surface area contributed by atoms with Crippen molar-refractivity contribution < 1.29 is 23.9 Å². The normalized spacial score (nSPS) is 15.1. The van der Waals surface area contributed by atoms with E-state index >= 15 is 0 Å². The van der Waals surface area contributed by atoms with Crippen molar-refractivity contribution in [3.63, 3.8) is 0 Å². The molecule has 0 bridgehead atoms. The molecule has 0 spiro atoms. The van der Waals surface area contributed by atoms with Crippen molar-refractivity contribution in [2.24, 2.45) is 0 Å². The van der Waals surface area contributed by atoms with Crippen molar-refractivity contribution in [1.29, 1.82) is 0 Å². The highest BCUT2D eigenvalue weighted by atomic mass is 32.2. The molecule has 1 aromatic carbocycles.